The summed E-state index contributed by atoms with van der Waals surface area (Å²) in [5, 5.41) is 2.35. The van der Waals surface area contributed by atoms with Crippen LogP contribution in [0.3, 0.4) is 0 Å². The summed E-state index contributed by atoms with van der Waals surface area (Å²) in [5.41, 5.74) is -1.92. The van der Waals surface area contributed by atoms with Crippen LogP contribution in [0.25, 0.3) is 0 Å². The van der Waals surface area contributed by atoms with Gasteiger partial charge in [-0.1, -0.05) is 30.3 Å². The lowest BCUT2D eigenvalue weighted by molar-refractivity contribution is -0.0477. The number of carbonyl (C=O) groups is 2. The Bertz CT molecular complexity index is 1580. The third-order valence-corrected chi connectivity index (χ3v) is 8.26. The van der Waals surface area contributed by atoms with E-state index in [-0.39, 0.29) is 44.0 Å². The third-order valence-electron chi connectivity index (χ3n) is 8.26. The molecule has 4 heterocycles. The van der Waals surface area contributed by atoms with Gasteiger partial charge in [0, 0.05) is 43.0 Å². The van der Waals surface area contributed by atoms with E-state index >= 15 is 0 Å². The van der Waals surface area contributed by atoms with Gasteiger partial charge in [-0.15, -0.1) is 0 Å². The minimum Gasteiger partial charge on any atom is -0.483 e. The van der Waals surface area contributed by atoms with Gasteiger partial charge in [-0.05, 0) is 25.3 Å². The number of amides is 2. The lowest BCUT2D eigenvalue weighted by Gasteiger charge is -2.42. The number of hydrogen-bond acceptors (Lipinski definition) is 6. The summed E-state index contributed by atoms with van der Waals surface area (Å²) < 4.78 is 61.1. The molecule has 3 aliphatic heterocycles. The molecule has 2 saturated heterocycles. The van der Waals surface area contributed by atoms with Crippen molar-refractivity contribution in [1.82, 2.24) is 14.8 Å². The molecule has 2 aromatic carbocycles. The van der Waals surface area contributed by atoms with Gasteiger partial charge in [0.1, 0.15) is 42.0 Å². The number of aromatic nitrogens is 1. The Morgan fingerprint density at radius 1 is 1.14 bits per heavy atom. The van der Waals surface area contributed by atoms with Crippen LogP contribution in [0.1, 0.15) is 57.8 Å². The standard InChI is InChI=1S/C30H28F3N3O6/c1-17-7-8-30(15-40-16-42-30)24-13-35(17)29(39)25-27(41-14-18-5-3-2-4-6-18)26(37)21(12-36(24)25)28(38)34-11-20-22(32)9-19(31)10-23(20)33/h2-6,9-10,12,17,24H,7-8,11,13-16H2,1H3,(H,34,38)/t17-,24+,30+/m0/s1. The maximum absolute atomic E-state index is 14.2. The second-order valence-corrected chi connectivity index (χ2v) is 10.8. The van der Waals surface area contributed by atoms with Gasteiger partial charge in [0.2, 0.25) is 5.43 Å². The SMILES string of the molecule is C[C@H]1CC[C@@]2(COCO2)[C@H]2CN1C(=O)c1c(OCc3ccccc3)c(=O)c(C(=O)NCc3c(F)cc(F)cc3F)cn12. The van der Waals surface area contributed by atoms with Crippen LogP contribution in [-0.4, -0.2) is 52.9 Å². The number of nitrogens with zero attached hydrogens (tertiary/aromatic N) is 2. The van der Waals surface area contributed by atoms with Crippen molar-refractivity contribution < 1.29 is 37.0 Å². The first-order valence-corrected chi connectivity index (χ1v) is 13.6. The molecular weight excluding hydrogens is 555 g/mol. The lowest BCUT2D eigenvalue weighted by Crippen LogP contribution is -2.53. The molecule has 1 N–H and O–H groups in total. The molecule has 2 bridgehead atoms. The highest BCUT2D eigenvalue weighted by Gasteiger charge is 2.52. The van der Waals surface area contributed by atoms with Gasteiger partial charge in [-0.25, -0.2) is 13.2 Å². The largest absolute Gasteiger partial charge is 0.483 e. The van der Waals surface area contributed by atoms with E-state index in [0.29, 0.717) is 25.0 Å². The summed E-state index contributed by atoms with van der Waals surface area (Å²) in [6.45, 7) is 1.80. The average Bonchev–Trinajstić information content (AvgIpc) is 3.40. The second kappa shape index (κ2) is 10.9. The van der Waals surface area contributed by atoms with Crippen LogP contribution >= 0.6 is 0 Å². The molecule has 0 unspecified atom stereocenters. The molecule has 0 radical (unpaired) electrons. The van der Waals surface area contributed by atoms with E-state index in [4.69, 9.17) is 14.2 Å². The van der Waals surface area contributed by atoms with Gasteiger partial charge in [-0.2, -0.15) is 0 Å². The highest BCUT2D eigenvalue weighted by atomic mass is 19.1. The first-order valence-electron chi connectivity index (χ1n) is 13.6. The minimum atomic E-state index is -1.18. The molecule has 42 heavy (non-hydrogen) atoms. The van der Waals surface area contributed by atoms with Crippen molar-refractivity contribution in [3.63, 3.8) is 0 Å². The maximum Gasteiger partial charge on any atom is 0.274 e. The van der Waals surface area contributed by atoms with Gasteiger partial charge < -0.3 is 29.0 Å². The summed E-state index contributed by atoms with van der Waals surface area (Å²) in [7, 11) is 0. The lowest BCUT2D eigenvalue weighted by atomic mass is 9.89. The van der Waals surface area contributed by atoms with Crippen molar-refractivity contribution in [2.24, 2.45) is 0 Å². The summed E-state index contributed by atoms with van der Waals surface area (Å²) in [5.74, 6) is -5.14. The Balaban J connectivity index is 1.44. The van der Waals surface area contributed by atoms with Crippen LogP contribution in [0.2, 0.25) is 0 Å². The number of fused-ring (bicyclic) bond motifs is 5. The number of benzene rings is 2. The molecule has 2 amide bonds. The highest BCUT2D eigenvalue weighted by molar-refractivity contribution is 5.99. The first-order chi connectivity index (χ1) is 20.2. The molecule has 1 aromatic heterocycles. The fourth-order valence-electron chi connectivity index (χ4n) is 5.91. The summed E-state index contributed by atoms with van der Waals surface area (Å²) in [4.78, 5) is 42.8. The zero-order valence-electron chi connectivity index (χ0n) is 22.7. The van der Waals surface area contributed by atoms with Crippen LogP contribution in [0, 0.1) is 17.5 Å². The smallest absolute Gasteiger partial charge is 0.274 e. The Labute approximate surface area is 238 Å². The average molecular weight is 584 g/mol. The molecule has 1 spiro atoms. The zero-order valence-corrected chi connectivity index (χ0v) is 22.7. The minimum absolute atomic E-state index is 0.0111. The molecule has 3 aromatic rings. The number of nitrogens with one attached hydrogen (secondary N) is 1. The first kappa shape index (κ1) is 28.0. The van der Waals surface area contributed by atoms with E-state index in [0.717, 1.165) is 5.56 Å². The van der Waals surface area contributed by atoms with E-state index in [2.05, 4.69) is 5.32 Å². The predicted octanol–water partition coefficient (Wildman–Crippen LogP) is 3.70. The Morgan fingerprint density at radius 3 is 2.57 bits per heavy atom. The molecule has 12 heteroatoms. The quantitative estimate of drug-likeness (QED) is 0.476. The number of rotatable bonds is 6. The summed E-state index contributed by atoms with van der Waals surface area (Å²) in [6, 6.07) is 9.33. The van der Waals surface area contributed by atoms with E-state index in [1.54, 1.807) is 33.7 Å². The number of halogens is 3. The van der Waals surface area contributed by atoms with Crippen LogP contribution < -0.4 is 15.5 Å². The van der Waals surface area contributed by atoms with E-state index in [1.807, 2.05) is 13.0 Å². The van der Waals surface area contributed by atoms with Crippen LogP contribution in [0.4, 0.5) is 13.2 Å². The van der Waals surface area contributed by atoms with Crippen molar-refractivity contribution in [2.75, 3.05) is 19.9 Å². The molecule has 0 aliphatic carbocycles. The predicted molar refractivity (Wildman–Crippen MR) is 142 cm³/mol. The maximum atomic E-state index is 14.2. The van der Waals surface area contributed by atoms with Crippen molar-refractivity contribution in [2.45, 2.75) is 50.6 Å². The number of hydrogen-bond donors (Lipinski definition) is 1. The molecule has 9 nitrogen and oxygen atoms in total. The van der Waals surface area contributed by atoms with Crippen LogP contribution in [-0.2, 0) is 22.6 Å². The van der Waals surface area contributed by atoms with Crippen molar-refractivity contribution in [3.8, 4) is 5.75 Å². The van der Waals surface area contributed by atoms with E-state index in [9.17, 15) is 27.6 Å². The Morgan fingerprint density at radius 2 is 1.88 bits per heavy atom. The van der Waals surface area contributed by atoms with E-state index < -0.39 is 64.0 Å². The number of pyridine rings is 1. The Hall–Kier alpha value is -4.16. The zero-order chi connectivity index (χ0) is 29.6. The van der Waals surface area contributed by atoms with Crippen molar-refractivity contribution in [1.29, 1.82) is 0 Å². The molecule has 3 aliphatic rings. The van der Waals surface area contributed by atoms with Gasteiger partial charge in [0.25, 0.3) is 11.8 Å². The third kappa shape index (κ3) is 4.84. The monoisotopic (exact) mass is 583 g/mol. The summed E-state index contributed by atoms with van der Waals surface area (Å²) >= 11 is 0. The number of ether oxygens (including phenoxy) is 3. The fourth-order valence-corrected chi connectivity index (χ4v) is 5.91. The van der Waals surface area contributed by atoms with Crippen LogP contribution in [0.5, 0.6) is 5.75 Å². The van der Waals surface area contributed by atoms with Crippen molar-refractivity contribution in [3.05, 3.63) is 98.7 Å². The molecule has 6 rings (SSSR count). The van der Waals surface area contributed by atoms with Gasteiger partial charge in [0.15, 0.2) is 11.4 Å². The molecule has 2 fully saturated rings. The van der Waals surface area contributed by atoms with Crippen molar-refractivity contribution >= 4 is 11.8 Å². The van der Waals surface area contributed by atoms with E-state index in [1.165, 1.54) is 6.20 Å². The Kier molecular flexibility index (Phi) is 7.27. The molecule has 3 atom stereocenters. The van der Waals surface area contributed by atoms with Gasteiger partial charge in [0.05, 0.1) is 12.6 Å². The topological polar surface area (TPSA) is 99.1 Å². The summed E-state index contributed by atoms with van der Waals surface area (Å²) in [6.07, 6.45) is 2.48. The molecule has 0 saturated carbocycles. The normalized spacial score (nSPS) is 23.0. The number of carbonyl (C=O) groups excluding carboxylic acids is 2. The fraction of sp³-hybridized carbons (Fsp3) is 0.367. The van der Waals surface area contributed by atoms with Crippen LogP contribution in [0.15, 0.2) is 53.5 Å². The second-order valence-electron chi connectivity index (χ2n) is 10.8. The van der Waals surface area contributed by atoms with Gasteiger partial charge in [-0.3, -0.25) is 14.4 Å². The molecular formula is C30H28F3N3O6. The van der Waals surface area contributed by atoms with Gasteiger partial charge >= 0.3 is 0 Å². The highest BCUT2D eigenvalue weighted by Crippen LogP contribution is 2.44. The molecule has 220 valence electrons.